The number of rotatable bonds is 23. The van der Waals surface area contributed by atoms with Crippen molar-refractivity contribution in [3.63, 3.8) is 0 Å². The number of hydrogen-bond acceptors (Lipinski definition) is 11. The highest BCUT2D eigenvalue weighted by atomic mass is 16.2. The smallest absolute Gasteiger partial charge is 0.291 e. The summed E-state index contributed by atoms with van der Waals surface area (Å²) in [5.74, 6) is -1.72. The Hall–Kier alpha value is -7.97. The van der Waals surface area contributed by atoms with E-state index in [4.69, 9.17) is 0 Å². The number of aromatic nitrogens is 9. The predicted molar refractivity (Wildman–Crippen MR) is 251 cm³/mol. The van der Waals surface area contributed by atoms with Gasteiger partial charge in [0.1, 0.15) is 17.2 Å². The Morgan fingerprint density at radius 3 is 1.68 bits per heavy atom. The standard InChI is InChI=1S/C47H57N13O8/c1-9-11-14-37(62)34-16-28(22-55(34)3)17-38(63)42-50-32(26-59(42)7)21-39(64)43-49-29(25-58(43)6)18-33(61)13-12-15-48-45(66)35-19-30(23-56(35)4)51-46(67)36-20-31(24-57(36)5)52-47(68)44-54-40(27-60(44)8)53-41(65)10-2/h16,19-20,22-27H,9-15,17-18,21H2,1-8H3,(H,48,66)(H,51,67)(H,52,68)(H,53,65). The van der Waals surface area contributed by atoms with Crippen molar-refractivity contribution in [2.75, 3.05) is 22.5 Å². The zero-order valence-electron chi connectivity index (χ0n) is 39.6. The van der Waals surface area contributed by atoms with Crippen LogP contribution in [0, 0.1) is 0 Å². The number of nitrogens with one attached hydrogen (secondary N) is 4. The monoisotopic (exact) mass is 931 g/mol. The van der Waals surface area contributed by atoms with Gasteiger partial charge < -0.3 is 48.7 Å². The van der Waals surface area contributed by atoms with Crippen LogP contribution in [0.1, 0.15) is 133 Å². The molecule has 0 fully saturated rings. The summed E-state index contributed by atoms with van der Waals surface area (Å²) in [6.45, 7) is 3.93. The summed E-state index contributed by atoms with van der Waals surface area (Å²) < 4.78 is 9.45. The van der Waals surface area contributed by atoms with Gasteiger partial charge in [0.05, 0.1) is 41.3 Å². The van der Waals surface area contributed by atoms with E-state index < -0.39 is 17.7 Å². The van der Waals surface area contributed by atoms with Gasteiger partial charge in [0, 0.05) is 112 Å². The summed E-state index contributed by atoms with van der Waals surface area (Å²) in [7, 11) is 10.0. The molecular formula is C47H57N13O8. The lowest BCUT2D eigenvalue weighted by Gasteiger charge is -2.05. The highest BCUT2D eigenvalue weighted by Gasteiger charge is 2.23. The van der Waals surface area contributed by atoms with Gasteiger partial charge in [-0.3, -0.25) is 38.4 Å². The summed E-state index contributed by atoms with van der Waals surface area (Å²) in [6.07, 6.45) is 12.5. The molecule has 0 saturated heterocycles. The van der Waals surface area contributed by atoms with E-state index in [1.807, 2.05) is 6.92 Å². The largest absolute Gasteiger partial charge is 0.351 e. The van der Waals surface area contributed by atoms with Crippen LogP contribution in [0.25, 0.3) is 0 Å². The lowest BCUT2D eigenvalue weighted by atomic mass is 10.1. The minimum atomic E-state index is -0.543. The number of Topliss-reactive ketones (excluding diaryl/α,β-unsaturated/α-hetero) is 4. The van der Waals surface area contributed by atoms with Crippen LogP contribution < -0.4 is 21.3 Å². The van der Waals surface area contributed by atoms with Crippen molar-refractivity contribution < 1.29 is 38.4 Å². The van der Waals surface area contributed by atoms with Gasteiger partial charge in [0.2, 0.25) is 23.3 Å². The highest BCUT2D eigenvalue weighted by Crippen LogP contribution is 2.20. The Labute approximate surface area is 392 Å². The lowest BCUT2D eigenvalue weighted by Crippen LogP contribution is -2.26. The summed E-state index contributed by atoms with van der Waals surface area (Å²) in [4.78, 5) is 116. The molecule has 0 radical (unpaired) electrons. The van der Waals surface area contributed by atoms with Gasteiger partial charge in [0.15, 0.2) is 23.2 Å². The highest BCUT2D eigenvalue weighted by molar-refractivity contribution is 6.07. The van der Waals surface area contributed by atoms with E-state index >= 15 is 0 Å². The number of ketones is 4. The fourth-order valence-corrected chi connectivity index (χ4v) is 7.66. The van der Waals surface area contributed by atoms with Crippen LogP contribution in [0.5, 0.6) is 0 Å². The van der Waals surface area contributed by atoms with Crippen LogP contribution in [0.4, 0.5) is 17.2 Å². The molecule has 21 heteroatoms. The fraction of sp³-hybridized carbons (Fsp3) is 0.383. The first-order chi connectivity index (χ1) is 32.3. The van der Waals surface area contributed by atoms with Crippen molar-refractivity contribution in [1.29, 1.82) is 0 Å². The molecule has 68 heavy (non-hydrogen) atoms. The Morgan fingerprint density at radius 2 is 1.06 bits per heavy atom. The van der Waals surface area contributed by atoms with Crippen molar-refractivity contribution in [2.24, 2.45) is 42.3 Å². The van der Waals surface area contributed by atoms with Crippen LogP contribution in [-0.4, -0.2) is 95.7 Å². The Balaban J connectivity index is 0.940. The maximum Gasteiger partial charge on any atom is 0.291 e. The molecule has 0 unspecified atom stereocenters. The number of anilines is 3. The molecule has 0 aliphatic rings. The first-order valence-electron chi connectivity index (χ1n) is 22.2. The van der Waals surface area contributed by atoms with Crippen molar-refractivity contribution in [3.8, 4) is 0 Å². The third-order valence-electron chi connectivity index (χ3n) is 11.1. The average molecular weight is 932 g/mol. The molecule has 6 aromatic rings. The molecule has 358 valence electrons. The zero-order valence-corrected chi connectivity index (χ0v) is 39.6. The predicted octanol–water partition coefficient (Wildman–Crippen LogP) is 4.30. The topological polar surface area (TPSA) is 253 Å². The van der Waals surface area contributed by atoms with Crippen LogP contribution in [0.15, 0.2) is 55.4 Å². The van der Waals surface area contributed by atoms with Gasteiger partial charge in [0.25, 0.3) is 17.7 Å². The second-order valence-corrected chi connectivity index (χ2v) is 16.8. The van der Waals surface area contributed by atoms with E-state index in [0.29, 0.717) is 46.9 Å². The zero-order chi connectivity index (χ0) is 49.4. The molecule has 0 saturated carbocycles. The number of carbonyl (C=O) groups excluding carboxylic acids is 8. The maximum atomic E-state index is 13.3. The fourth-order valence-electron chi connectivity index (χ4n) is 7.66. The molecule has 0 aromatic carbocycles. The van der Waals surface area contributed by atoms with Gasteiger partial charge in [-0.2, -0.15) is 0 Å². The van der Waals surface area contributed by atoms with Crippen LogP contribution in [0.3, 0.4) is 0 Å². The summed E-state index contributed by atoms with van der Waals surface area (Å²) in [5, 5.41) is 10.9. The summed E-state index contributed by atoms with van der Waals surface area (Å²) >= 11 is 0. The molecule has 4 amide bonds. The quantitative estimate of drug-likeness (QED) is 0.0521. The number of amides is 4. The number of nitrogens with zero attached hydrogens (tertiary/aromatic N) is 9. The van der Waals surface area contributed by atoms with Gasteiger partial charge in [-0.05, 0) is 36.6 Å². The molecule has 6 aromatic heterocycles. The molecule has 0 atom stereocenters. The SMILES string of the molecule is CCCCC(=O)c1cc(CC(=O)c2nc(CC(=O)c3nc(CC(=O)CCCNC(=O)c4cc(NC(=O)c5cc(NC(=O)c6nc(NC(=O)CC)cn6C)cn5C)cn4C)cn3C)cn2C)cn1C. The van der Waals surface area contributed by atoms with Gasteiger partial charge in [-0.1, -0.05) is 20.3 Å². The first-order valence-corrected chi connectivity index (χ1v) is 22.2. The van der Waals surface area contributed by atoms with E-state index in [9.17, 15) is 38.4 Å². The van der Waals surface area contributed by atoms with E-state index in [2.05, 4.69) is 36.2 Å². The van der Waals surface area contributed by atoms with Gasteiger partial charge >= 0.3 is 0 Å². The minimum absolute atomic E-state index is 0.0104. The van der Waals surface area contributed by atoms with Gasteiger partial charge in [-0.15, -0.1) is 0 Å². The van der Waals surface area contributed by atoms with E-state index in [1.165, 1.54) is 27.5 Å². The van der Waals surface area contributed by atoms with E-state index in [0.717, 1.165) is 12.8 Å². The second kappa shape index (κ2) is 21.6. The van der Waals surface area contributed by atoms with Gasteiger partial charge in [-0.25, -0.2) is 15.0 Å². The Morgan fingerprint density at radius 1 is 0.500 bits per heavy atom. The Bertz CT molecular complexity index is 2920. The number of imidazole rings is 3. The maximum absolute atomic E-state index is 13.3. The van der Waals surface area contributed by atoms with Crippen LogP contribution in [-0.2, 0) is 71.1 Å². The molecule has 21 nitrogen and oxygen atoms in total. The molecular weight excluding hydrogens is 875 g/mol. The minimum Gasteiger partial charge on any atom is -0.351 e. The molecule has 0 aliphatic heterocycles. The summed E-state index contributed by atoms with van der Waals surface area (Å²) in [6, 6.07) is 4.76. The molecule has 6 heterocycles. The average Bonchev–Trinajstić information content (AvgIpc) is 4.15. The molecule has 4 N–H and O–H groups in total. The molecule has 6 rings (SSSR count). The molecule has 0 spiro atoms. The second-order valence-electron chi connectivity index (χ2n) is 16.8. The first kappa shape index (κ1) is 49.5. The van der Waals surface area contributed by atoms with E-state index in [1.54, 1.807) is 105 Å². The normalized spacial score (nSPS) is 11.1. The van der Waals surface area contributed by atoms with Crippen LogP contribution >= 0.6 is 0 Å². The van der Waals surface area contributed by atoms with Crippen molar-refractivity contribution >= 4 is 64.0 Å². The number of carbonyl (C=O) groups is 8. The van der Waals surface area contributed by atoms with E-state index in [-0.39, 0.29) is 102 Å². The Kier molecular flexibility index (Phi) is 15.7. The number of hydrogen-bond donors (Lipinski definition) is 4. The lowest BCUT2D eigenvalue weighted by molar-refractivity contribution is -0.118. The molecule has 0 bridgehead atoms. The number of unbranched alkanes of at least 4 members (excludes halogenated alkanes) is 1. The van der Waals surface area contributed by atoms with Crippen molar-refractivity contribution in [2.45, 2.75) is 71.6 Å². The van der Waals surface area contributed by atoms with Crippen LogP contribution in [0.2, 0.25) is 0 Å². The van der Waals surface area contributed by atoms with Crippen molar-refractivity contribution in [1.82, 2.24) is 47.7 Å². The third-order valence-corrected chi connectivity index (χ3v) is 11.1. The van der Waals surface area contributed by atoms with Crippen molar-refractivity contribution in [3.05, 3.63) is 107 Å². The third kappa shape index (κ3) is 12.1. The summed E-state index contributed by atoms with van der Waals surface area (Å²) in [5.41, 5.74) is 3.28. The number of aryl methyl sites for hydroxylation is 6. The molecule has 0 aliphatic carbocycles.